The Balaban J connectivity index is 1.46. The molecule has 2 atom stereocenters. The number of aliphatic imine (C=N–C) groups is 1. The topological polar surface area (TPSA) is 55.3 Å². The highest BCUT2D eigenvalue weighted by Gasteiger charge is 2.32. The molecule has 3 rings (SSSR count). The van der Waals surface area contributed by atoms with Crippen LogP contribution in [0.15, 0.2) is 4.99 Å². The summed E-state index contributed by atoms with van der Waals surface area (Å²) >= 11 is 0. The molecule has 0 aromatic carbocycles. The van der Waals surface area contributed by atoms with E-state index in [1.807, 2.05) is 0 Å². The van der Waals surface area contributed by atoms with Gasteiger partial charge in [-0.25, -0.2) is 0 Å². The summed E-state index contributed by atoms with van der Waals surface area (Å²) in [6.07, 6.45) is 5.36. The third-order valence-corrected chi connectivity index (χ3v) is 4.66. The van der Waals surface area contributed by atoms with Gasteiger partial charge in [-0.05, 0) is 38.5 Å². The van der Waals surface area contributed by atoms with E-state index >= 15 is 0 Å². The van der Waals surface area contributed by atoms with Crippen LogP contribution in [0.4, 0.5) is 0 Å². The molecule has 6 heteroatoms. The lowest BCUT2D eigenvalue weighted by Gasteiger charge is -2.37. The Hall–Kier alpha value is -0.850. The summed E-state index contributed by atoms with van der Waals surface area (Å²) in [7, 11) is 0. The van der Waals surface area contributed by atoms with Crippen LogP contribution >= 0.6 is 0 Å². The molecule has 0 radical (unpaired) electrons. The number of guanidine groups is 1. The molecular formula is C17H31N3O3. The van der Waals surface area contributed by atoms with Gasteiger partial charge in [0.1, 0.15) is 6.10 Å². The normalized spacial score (nSPS) is 29.1. The van der Waals surface area contributed by atoms with Crippen molar-refractivity contribution >= 4 is 5.96 Å². The number of morpholine rings is 1. The molecule has 0 aromatic heterocycles. The van der Waals surface area contributed by atoms with Crippen molar-refractivity contribution in [3.05, 3.63) is 0 Å². The number of hydrogen-bond acceptors (Lipinski definition) is 4. The monoisotopic (exact) mass is 325 g/mol. The number of rotatable bonds is 7. The minimum Gasteiger partial charge on any atom is -0.379 e. The van der Waals surface area contributed by atoms with Crippen molar-refractivity contribution in [1.82, 2.24) is 10.2 Å². The average molecular weight is 325 g/mol. The molecule has 0 bridgehead atoms. The quantitative estimate of drug-likeness (QED) is 0.434. The minimum absolute atomic E-state index is 0.168. The lowest BCUT2D eigenvalue weighted by atomic mass is 10.1. The van der Waals surface area contributed by atoms with E-state index in [1.54, 1.807) is 0 Å². The molecule has 3 fully saturated rings. The van der Waals surface area contributed by atoms with E-state index in [-0.39, 0.29) is 12.2 Å². The van der Waals surface area contributed by atoms with Gasteiger partial charge in [-0.3, -0.25) is 4.99 Å². The molecule has 3 aliphatic rings. The molecular weight excluding hydrogens is 294 g/mol. The zero-order valence-electron chi connectivity index (χ0n) is 14.3. The summed E-state index contributed by atoms with van der Waals surface area (Å²) in [5.74, 6) is 1.80. The van der Waals surface area contributed by atoms with Crippen LogP contribution in [0.2, 0.25) is 0 Å². The first kappa shape index (κ1) is 17.0. The zero-order valence-corrected chi connectivity index (χ0v) is 14.3. The molecule has 132 valence electrons. The largest absolute Gasteiger partial charge is 0.379 e. The molecule has 2 heterocycles. The van der Waals surface area contributed by atoms with Gasteiger partial charge >= 0.3 is 0 Å². The molecule has 1 saturated carbocycles. The van der Waals surface area contributed by atoms with Crippen molar-refractivity contribution in [3.63, 3.8) is 0 Å². The molecule has 2 saturated heterocycles. The second-order valence-corrected chi connectivity index (χ2v) is 6.66. The van der Waals surface area contributed by atoms with Crippen molar-refractivity contribution in [2.45, 2.75) is 44.8 Å². The van der Waals surface area contributed by atoms with Gasteiger partial charge in [0.15, 0.2) is 5.96 Å². The van der Waals surface area contributed by atoms with Crippen molar-refractivity contribution in [3.8, 4) is 0 Å². The molecule has 0 aromatic rings. The second kappa shape index (κ2) is 8.85. The van der Waals surface area contributed by atoms with Gasteiger partial charge in [-0.15, -0.1) is 0 Å². The van der Waals surface area contributed by atoms with Crippen molar-refractivity contribution in [1.29, 1.82) is 0 Å². The van der Waals surface area contributed by atoms with Crippen LogP contribution in [-0.2, 0) is 14.2 Å². The van der Waals surface area contributed by atoms with Crippen LogP contribution in [0.1, 0.15) is 32.6 Å². The standard InChI is InChI=1S/C17H31N3O3/c1-2-18-17(19-7-10-21-13-14-5-6-14)20-8-11-23-16(12-20)15-4-3-9-22-15/h14-16H,2-13H2,1H3,(H,18,19). The first-order valence-corrected chi connectivity index (χ1v) is 9.21. The molecule has 2 aliphatic heterocycles. The highest BCUT2D eigenvalue weighted by molar-refractivity contribution is 5.80. The average Bonchev–Trinajstić information content (AvgIpc) is 3.24. The van der Waals surface area contributed by atoms with Crippen LogP contribution < -0.4 is 5.32 Å². The number of nitrogens with zero attached hydrogens (tertiary/aromatic N) is 2. The van der Waals surface area contributed by atoms with Gasteiger partial charge in [0.25, 0.3) is 0 Å². The fourth-order valence-corrected chi connectivity index (χ4v) is 3.16. The Morgan fingerprint density at radius 2 is 2.09 bits per heavy atom. The maximum absolute atomic E-state index is 5.92. The highest BCUT2D eigenvalue weighted by Crippen LogP contribution is 2.28. The van der Waals surface area contributed by atoms with E-state index in [0.29, 0.717) is 6.61 Å². The maximum Gasteiger partial charge on any atom is 0.194 e. The third kappa shape index (κ3) is 5.33. The lowest BCUT2D eigenvalue weighted by molar-refractivity contribution is -0.0817. The number of ether oxygens (including phenoxy) is 3. The maximum atomic E-state index is 5.92. The van der Waals surface area contributed by atoms with Crippen molar-refractivity contribution in [2.75, 3.05) is 52.6 Å². The van der Waals surface area contributed by atoms with Gasteiger partial charge in [0, 0.05) is 32.8 Å². The van der Waals surface area contributed by atoms with Gasteiger partial charge in [0.2, 0.25) is 0 Å². The summed E-state index contributed by atoms with van der Waals surface area (Å²) in [5, 5.41) is 3.40. The zero-order chi connectivity index (χ0) is 15.9. The Morgan fingerprint density at radius 3 is 2.83 bits per heavy atom. The Kier molecular flexibility index (Phi) is 6.54. The predicted octanol–water partition coefficient (Wildman–Crippen LogP) is 1.26. The second-order valence-electron chi connectivity index (χ2n) is 6.66. The lowest BCUT2D eigenvalue weighted by Crippen LogP contribution is -2.53. The van der Waals surface area contributed by atoms with Crippen LogP contribution in [0.25, 0.3) is 0 Å². The van der Waals surface area contributed by atoms with E-state index < -0.39 is 0 Å². The SMILES string of the molecule is CCNC(=NCCOCC1CC1)N1CCOC(C2CCCO2)C1. The van der Waals surface area contributed by atoms with E-state index in [4.69, 9.17) is 19.2 Å². The summed E-state index contributed by atoms with van der Waals surface area (Å²) in [6, 6.07) is 0. The molecule has 1 aliphatic carbocycles. The molecule has 23 heavy (non-hydrogen) atoms. The first-order chi connectivity index (χ1) is 11.4. The smallest absolute Gasteiger partial charge is 0.194 e. The molecule has 2 unspecified atom stereocenters. The Morgan fingerprint density at radius 1 is 1.22 bits per heavy atom. The fraction of sp³-hybridized carbons (Fsp3) is 0.941. The summed E-state index contributed by atoms with van der Waals surface area (Å²) in [6.45, 7) is 8.69. The van der Waals surface area contributed by atoms with E-state index in [9.17, 15) is 0 Å². The Bertz CT molecular complexity index is 381. The van der Waals surface area contributed by atoms with Gasteiger partial charge in [0.05, 0.1) is 25.9 Å². The van der Waals surface area contributed by atoms with Crippen LogP contribution in [0.5, 0.6) is 0 Å². The Labute approximate surface area is 139 Å². The van der Waals surface area contributed by atoms with Crippen LogP contribution in [0.3, 0.4) is 0 Å². The first-order valence-electron chi connectivity index (χ1n) is 9.21. The predicted molar refractivity (Wildman–Crippen MR) is 89.8 cm³/mol. The van der Waals surface area contributed by atoms with Gasteiger partial charge in [-0.2, -0.15) is 0 Å². The summed E-state index contributed by atoms with van der Waals surface area (Å²) in [5.41, 5.74) is 0. The van der Waals surface area contributed by atoms with E-state index in [1.165, 1.54) is 12.8 Å². The van der Waals surface area contributed by atoms with Crippen molar-refractivity contribution in [2.24, 2.45) is 10.9 Å². The molecule has 0 spiro atoms. The van der Waals surface area contributed by atoms with E-state index in [2.05, 4.69) is 17.1 Å². The van der Waals surface area contributed by atoms with Gasteiger partial charge < -0.3 is 24.4 Å². The van der Waals surface area contributed by atoms with Crippen LogP contribution in [-0.4, -0.2) is 75.7 Å². The summed E-state index contributed by atoms with van der Waals surface area (Å²) < 4.78 is 17.4. The van der Waals surface area contributed by atoms with E-state index in [0.717, 1.165) is 70.7 Å². The van der Waals surface area contributed by atoms with Crippen LogP contribution in [0, 0.1) is 5.92 Å². The molecule has 0 amide bonds. The van der Waals surface area contributed by atoms with Crippen molar-refractivity contribution < 1.29 is 14.2 Å². The summed E-state index contributed by atoms with van der Waals surface area (Å²) in [4.78, 5) is 7.03. The highest BCUT2D eigenvalue weighted by atomic mass is 16.5. The van der Waals surface area contributed by atoms with Gasteiger partial charge in [-0.1, -0.05) is 0 Å². The minimum atomic E-state index is 0.168. The molecule has 6 nitrogen and oxygen atoms in total. The third-order valence-electron chi connectivity index (χ3n) is 4.66. The number of nitrogens with one attached hydrogen (secondary N) is 1. The fourth-order valence-electron chi connectivity index (χ4n) is 3.16. The number of hydrogen-bond donors (Lipinski definition) is 1. The molecule has 1 N–H and O–H groups in total.